The number of aromatic carboxylic acids is 1. The Morgan fingerprint density at radius 2 is 2.25 bits per heavy atom. The van der Waals surface area contributed by atoms with Gasteiger partial charge >= 0.3 is 5.97 Å². The fourth-order valence-electron chi connectivity index (χ4n) is 2.73. The van der Waals surface area contributed by atoms with Gasteiger partial charge in [0.05, 0.1) is 11.1 Å². The number of pyridine rings is 1. The van der Waals surface area contributed by atoms with Crippen molar-refractivity contribution >= 4 is 22.6 Å². The second-order valence-electron chi connectivity index (χ2n) is 5.15. The third-order valence-corrected chi connectivity index (χ3v) is 3.86. The minimum absolute atomic E-state index is 0.200. The third kappa shape index (κ3) is 2.20. The zero-order valence-electron chi connectivity index (χ0n) is 11.0. The van der Waals surface area contributed by atoms with Crippen molar-refractivity contribution in [1.82, 2.24) is 4.98 Å². The van der Waals surface area contributed by atoms with Crippen LogP contribution in [-0.4, -0.2) is 40.9 Å². The van der Waals surface area contributed by atoms with E-state index >= 15 is 0 Å². The lowest BCUT2D eigenvalue weighted by Gasteiger charge is -2.19. The lowest BCUT2D eigenvalue weighted by molar-refractivity contribution is 0.0699. The molecule has 5 heteroatoms. The third-order valence-electron chi connectivity index (χ3n) is 3.86. The molecule has 1 saturated heterocycles. The van der Waals surface area contributed by atoms with E-state index in [1.807, 2.05) is 18.2 Å². The zero-order chi connectivity index (χ0) is 14.1. The summed E-state index contributed by atoms with van der Waals surface area (Å²) in [6.45, 7) is 1.90. The fraction of sp³-hybridized carbons (Fsp3) is 0.333. The number of anilines is 1. The molecule has 0 radical (unpaired) electrons. The molecule has 104 valence electrons. The van der Waals surface area contributed by atoms with Gasteiger partial charge in [0, 0.05) is 42.9 Å². The van der Waals surface area contributed by atoms with E-state index in [9.17, 15) is 15.0 Å². The molecule has 1 aromatic carbocycles. The molecule has 1 fully saturated rings. The number of nitrogens with zero attached hydrogens (tertiary/aromatic N) is 2. The van der Waals surface area contributed by atoms with Gasteiger partial charge in [0.2, 0.25) is 0 Å². The van der Waals surface area contributed by atoms with Crippen molar-refractivity contribution in [3.05, 3.63) is 36.0 Å². The van der Waals surface area contributed by atoms with E-state index in [-0.39, 0.29) is 12.2 Å². The van der Waals surface area contributed by atoms with Crippen molar-refractivity contribution in [1.29, 1.82) is 0 Å². The number of benzene rings is 1. The highest BCUT2D eigenvalue weighted by atomic mass is 16.4. The molecule has 0 amide bonds. The van der Waals surface area contributed by atoms with E-state index in [1.54, 1.807) is 0 Å². The van der Waals surface area contributed by atoms with E-state index in [1.165, 1.54) is 12.3 Å². The van der Waals surface area contributed by atoms with Crippen molar-refractivity contribution in [2.24, 2.45) is 5.92 Å². The van der Waals surface area contributed by atoms with Crippen LogP contribution in [0.4, 0.5) is 5.69 Å². The average molecular weight is 272 g/mol. The number of aliphatic hydroxyl groups is 1. The number of carboxylic acid groups (broad SMARTS) is 1. The minimum Gasteiger partial charge on any atom is -0.478 e. The first-order chi connectivity index (χ1) is 9.69. The molecular formula is C15H16N2O3. The van der Waals surface area contributed by atoms with Crippen LogP contribution in [0.1, 0.15) is 16.8 Å². The summed E-state index contributed by atoms with van der Waals surface area (Å²) in [5.41, 5.74) is 1.95. The van der Waals surface area contributed by atoms with Gasteiger partial charge in [-0.3, -0.25) is 4.98 Å². The van der Waals surface area contributed by atoms with Crippen molar-refractivity contribution in [2.45, 2.75) is 6.42 Å². The number of aromatic nitrogens is 1. The van der Waals surface area contributed by atoms with Gasteiger partial charge in [-0.15, -0.1) is 0 Å². The van der Waals surface area contributed by atoms with Gasteiger partial charge in [-0.05, 0) is 30.7 Å². The number of hydrogen-bond donors (Lipinski definition) is 2. The Bertz CT molecular complexity index is 657. The summed E-state index contributed by atoms with van der Waals surface area (Å²) >= 11 is 0. The van der Waals surface area contributed by atoms with Gasteiger partial charge in [0.25, 0.3) is 0 Å². The van der Waals surface area contributed by atoms with Crippen LogP contribution < -0.4 is 4.90 Å². The molecule has 0 unspecified atom stereocenters. The van der Waals surface area contributed by atoms with Gasteiger partial charge in [0.1, 0.15) is 0 Å². The number of carboxylic acids is 1. The molecule has 20 heavy (non-hydrogen) atoms. The molecule has 0 saturated carbocycles. The molecule has 0 spiro atoms. The molecule has 1 aromatic heterocycles. The quantitative estimate of drug-likeness (QED) is 0.890. The highest BCUT2D eigenvalue weighted by Gasteiger charge is 2.22. The summed E-state index contributed by atoms with van der Waals surface area (Å²) in [6.07, 6.45) is 2.48. The molecule has 1 aliphatic heterocycles. The summed E-state index contributed by atoms with van der Waals surface area (Å²) in [6, 6.07) is 7.21. The first-order valence-electron chi connectivity index (χ1n) is 6.67. The lowest BCUT2D eigenvalue weighted by atomic mass is 10.1. The van der Waals surface area contributed by atoms with Gasteiger partial charge in [-0.2, -0.15) is 0 Å². The number of rotatable bonds is 3. The van der Waals surface area contributed by atoms with Gasteiger partial charge in [-0.1, -0.05) is 0 Å². The molecule has 0 aliphatic carbocycles. The second kappa shape index (κ2) is 5.09. The summed E-state index contributed by atoms with van der Waals surface area (Å²) in [5, 5.41) is 19.1. The topological polar surface area (TPSA) is 73.7 Å². The maximum absolute atomic E-state index is 11.3. The summed E-state index contributed by atoms with van der Waals surface area (Å²) in [5.74, 6) is -0.636. The van der Waals surface area contributed by atoms with E-state index in [0.717, 1.165) is 25.2 Å². The van der Waals surface area contributed by atoms with Crippen molar-refractivity contribution in [2.75, 3.05) is 24.6 Å². The van der Waals surface area contributed by atoms with Crippen molar-refractivity contribution in [3.63, 3.8) is 0 Å². The van der Waals surface area contributed by atoms with Gasteiger partial charge < -0.3 is 15.1 Å². The molecule has 0 bridgehead atoms. The number of fused-ring (bicyclic) bond motifs is 1. The molecular weight excluding hydrogens is 256 g/mol. The van der Waals surface area contributed by atoms with Crippen LogP contribution in [0, 0.1) is 5.92 Å². The number of aliphatic hydroxyl groups excluding tert-OH is 1. The standard InChI is InChI=1S/C15H16N2O3/c18-9-10-4-6-17(8-10)11-1-2-14-13(7-11)12(15(19)20)3-5-16-14/h1-3,5,7,10,18H,4,6,8-9H2,(H,19,20)/t10-/m1/s1. The van der Waals surface area contributed by atoms with E-state index in [2.05, 4.69) is 9.88 Å². The highest BCUT2D eigenvalue weighted by molar-refractivity contribution is 6.03. The Hall–Kier alpha value is -2.14. The SMILES string of the molecule is O=C(O)c1ccnc2ccc(N3CC[C@@H](CO)C3)cc12. The Balaban J connectivity index is 2.02. The van der Waals surface area contributed by atoms with E-state index < -0.39 is 5.97 Å². The predicted octanol–water partition coefficient (Wildman–Crippen LogP) is 1.75. The number of carbonyl (C=O) groups is 1. The Kier molecular flexibility index (Phi) is 3.28. The molecule has 5 nitrogen and oxygen atoms in total. The molecule has 3 rings (SSSR count). The largest absolute Gasteiger partial charge is 0.478 e. The first-order valence-corrected chi connectivity index (χ1v) is 6.67. The molecule has 1 aliphatic rings. The Labute approximate surface area is 116 Å². The minimum atomic E-state index is -0.941. The summed E-state index contributed by atoms with van der Waals surface area (Å²) in [4.78, 5) is 17.7. The monoisotopic (exact) mass is 272 g/mol. The number of hydrogen-bond acceptors (Lipinski definition) is 4. The Morgan fingerprint density at radius 1 is 1.40 bits per heavy atom. The van der Waals surface area contributed by atoms with Crippen LogP contribution in [-0.2, 0) is 0 Å². The van der Waals surface area contributed by atoms with Crippen molar-refractivity contribution in [3.8, 4) is 0 Å². The maximum atomic E-state index is 11.3. The second-order valence-corrected chi connectivity index (χ2v) is 5.15. The van der Waals surface area contributed by atoms with Crippen molar-refractivity contribution < 1.29 is 15.0 Å². The molecule has 2 heterocycles. The van der Waals surface area contributed by atoms with Crippen LogP contribution in [0.25, 0.3) is 10.9 Å². The Morgan fingerprint density at radius 3 is 2.95 bits per heavy atom. The zero-order valence-corrected chi connectivity index (χ0v) is 11.0. The average Bonchev–Trinajstić information content (AvgIpc) is 2.94. The maximum Gasteiger partial charge on any atom is 0.336 e. The fourth-order valence-corrected chi connectivity index (χ4v) is 2.73. The molecule has 2 N–H and O–H groups in total. The summed E-state index contributed by atoms with van der Waals surface area (Å²) in [7, 11) is 0. The summed E-state index contributed by atoms with van der Waals surface area (Å²) < 4.78 is 0. The smallest absolute Gasteiger partial charge is 0.336 e. The van der Waals surface area contributed by atoms with Crippen LogP contribution in [0.15, 0.2) is 30.5 Å². The van der Waals surface area contributed by atoms with E-state index in [4.69, 9.17) is 0 Å². The van der Waals surface area contributed by atoms with Gasteiger partial charge in [0.15, 0.2) is 0 Å². The predicted molar refractivity (Wildman–Crippen MR) is 76.1 cm³/mol. The van der Waals surface area contributed by atoms with Crippen LogP contribution in [0.5, 0.6) is 0 Å². The highest BCUT2D eigenvalue weighted by Crippen LogP contribution is 2.27. The van der Waals surface area contributed by atoms with Gasteiger partial charge in [-0.25, -0.2) is 4.79 Å². The van der Waals surface area contributed by atoms with Crippen LogP contribution in [0.3, 0.4) is 0 Å². The first kappa shape index (κ1) is 12.9. The molecule has 2 aromatic rings. The lowest BCUT2D eigenvalue weighted by Crippen LogP contribution is -2.20. The van der Waals surface area contributed by atoms with Crippen LogP contribution in [0.2, 0.25) is 0 Å². The van der Waals surface area contributed by atoms with Crippen LogP contribution >= 0.6 is 0 Å². The molecule has 1 atom stereocenters. The normalized spacial score (nSPS) is 18.6. The van der Waals surface area contributed by atoms with E-state index in [0.29, 0.717) is 16.8 Å².